The second kappa shape index (κ2) is 9.20. The third-order valence-corrected chi connectivity index (χ3v) is 5.44. The van der Waals surface area contributed by atoms with E-state index < -0.39 is 11.6 Å². The molecule has 1 aliphatic carbocycles. The molecule has 1 saturated carbocycles. The Hall–Kier alpha value is -4.07. The number of anilines is 3. The molecule has 0 spiro atoms. The second-order valence-electron chi connectivity index (χ2n) is 7.78. The van der Waals surface area contributed by atoms with E-state index in [2.05, 4.69) is 32.5 Å². The molecule has 1 aromatic heterocycles. The van der Waals surface area contributed by atoms with Gasteiger partial charge in [-0.1, -0.05) is 24.8 Å². The largest absolute Gasteiger partial charge is 0.352 e. The maximum atomic E-state index is 14.0. The summed E-state index contributed by atoms with van der Waals surface area (Å²) in [5.74, 6) is -0.742. The molecule has 3 aromatic rings. The van der Waals surface area contributed by atoms with Crippen molar-refractivity contribution in [1.29, 1.82) is 0 Å². The van der Waals surface area contributed by atoms with Crippen LogP contribution in [0.1, 0.15) is 23.7 Å². The zero-order chi connectivity index (χ0) is 23.4. The highest BCUT2D eigenvalue weighted by Crippen LogP contribution is 2.48. The van der Waals surface area contributed by atoms with E-state index in [1.165, 1.54) is 6.08 Å². The van der Waals surface area contributed by atoms with Crippen LogP contribution in [0.4, 0.5) is 21.7 Å². The lowest BCUT2D eigenvalue weighted by Gasteiger charge is -2.09. The van der Waals surface area contributed by atoms with Gasteiger partial charge in [-0.15, -0.1) is 0 Å². The normalized spacial score (nSPS) is 18.8. The van der Waals surface area contributed by atoms with E-state index in [0.717, 1.165) is 11.3 Å². The monoisotopic (exact) mass is 445 g/mol. The molecule has 168 valence electrons. The number of nitrogens with zero attached hydrogens (tertiary/aromatic N) is 2. The predicted octanol–water partition coefficient (Wildman–Crippen LogP) is 4.49. The fourth-order valence-electron chi connectivity index (χ4n) is 3.42. The quantitative estimate of drug-likeness (QED) is 0.444. The van der Waals surface area contributed by atoms with E-state index >= 15 is 0 Å². The Labute approximate surface area is 191 Å². The minimum atomic E-state index is -1.59. The van der Waals surface area contributed by atoms with Crippen LogP contribution < -0.4 is 16.0 Å². The number of halogens is 1. The van der Waals surface area contributed by atoms with Crippen molar-refractivity contribution >= 4 is 29.1 Å². The van der Waals surface area contributed by atoms with E-state index in [9.17, 15) is 14.0 Å². The van der Waals surface area contributed by atoms with Crippen LogP contribution in [0.25, 0.3) is 11.3 Å². The number of allylic oxidation sites excluding steroid dienone is 1. The molecular weight excluding hydrogens is 421 g/mol. The first-order valence-electron chi connectivity index (χ1n) is 10.6. The first-order chi connectivity index (χ1) is 15.9. The topological polar surface area (TPSA) is 96.0 Å². The summed E-state index contributed by atoms with van der Waals surface area (Å²) in [7, 11) is 0. The van der Waals surface area contributed by atoms with Crippen LogP contribution in [-0.2, 0) is 4.79 Å². The molecular formula is C25H24FN5O2. The van der Waals surface area contributed by atoms with Gasteiger partial charge in [0, 0.05) is 41.7 Å². The number of hydrogen-bond donors (Lipinski definition) is 3. The van der Waals surface area contributed by atoms with Gasteiger partial charge in [-0.2, -0.15) is 0 Å². The van der Waals surface area contributed by atoms with Gasteiger partial charge in [0.05, 0.1) is 11.6 Å². The van der Waals surface area contributed by atoms with Crippen LogP contribution >= 0.6 is 0 Å². The number of carbonyl (C=O) groups is 2. The van der Waals surface area contributed by atoms with Gasteiger partial charge in [0.1, 0.15) is 5.67 Å². The molecule has 0 radical (unpaired) electrons. The van der Waals surface area contributed by atoms with E-state index in [-0.39, 0.29) is 18.2 Å². The maximum Gasteiger partial charge on any atom is 0.251 e. The Morgan fingerprint density at radius 1 is 1.12 bits per heavy atom. The van der Waals surface area contributed by atoms with Crippen molar-refractivity contribution in [3.05, 3.63) is 79.0 Å². The number of amides is 2. The number of alkyl halides is 1. The predicted molar refractivity (Wildman–Crippen MR) is 126 cm³/mol. The Morgan fingerprint density at radius 2 is 1.82 bits per heavy atom. The number of benzene rings is 2. The molecule has 0 bridgehead atoms. The summed E-state index contributed by atoms with van der Waals surface area (Å²) < 4.78 is 14.0. The van der Waals surface area contributed by atoms with Crippen molar-refractivity contribution in [2.24, 2.45) is 5.92 Å². The molecule has 33 heavy (non-hydrogen) atoms. The molecule has 0 aliphatic heterocycles. The first kappa shape index (κ1) is 22.1. The van der Waals surface area contributed by atoms with Crippen LogP contribution in [0, 0.1) is 5.92 Å². The molecule has 8 heteroatoms. The third kappa shape index (κ3) is 5.06. The highest BCUT2D eigenvalue weighted by Gasteiger charge is 2.57. The number of nitrogens with one attached hydrogen (secondary N) is 3. The molecule has 3 N–H and O–H groups in total. The zero-order valence-electron chi connectivity index (χ0n) is 18.1. The summed E-state index contributed by atoms with van der Waals surface area (Å²) in [6, 6.07) is 16.0. The molecule has 1 aliphatic rings. The van der Waals surface area contributed by atoms with Gasteiger partial charge >= 0.3 is 0 Å². The van der Waals surface area contributed by atoms with Gasteiger partial charge in [-0.05, 0) is 49.4 Å². The lowest BCUT2D eigenvalue weighted by Crippen LogP contribution is -2.22. The van der Waals surface area contributed by atoms with Crippen LogP contribution in [0.5, 0.6) is 0 Å². The van der Waals surface area contributed by atoms with Crippen molar-refractivity contribution in [3.63, 3.8) is 0 Å². The fourth-order valence-corrected chi connectivity index (χ4v) is 3.42. The van der Waals surface area contributed by atoms with Crippen LogP contribution in [0.3, 0.4) is 0 Å². The second-order valence-corrected chi connectivity index (χ2v) is 7.78. The zero-order valence-corrected chi connectivity index (χ0v) is 18.1. The smallest absolute Gasteiger partial charge is 0.251 e. The molecule has 2 amide bonds. The minimum Gasteiger partial charge on any atom is -0.352 e. The Balaban J connectivity index is 1.41. The van der Waals surface area contributed by atoms with E-state index in [4.69, 9.17) is 0 Å². The lowest BCUT2D eigenvalue weighted by atomic mass is 10.1. The van der Waals surface area contributed by atoms with E-state index in [1.54, 1.807) is 48.7 Å². The van der Waals surface area contributed by atoms with Gasteiger partial charge in [0.15, 0.2) is 0 Å². The fraction of sp³-hybridized carbons (Fsp3) is 0.200. The van der Waals surface area contributed by atoms with Gasteiger partial charge < -0.3 is 16.0 Å². The Bertz CT molecular complexity index is 1180. The molecule has 2 atom stereocenters. The van der Waals surface area contributed by atoms with Gasteiger partial charge in [0.2, 0.25) is 11.9 Å². The van der Waals surface area contributed by atoms with Crippen molar-refractivity contribution in [2.45, 2.75) is 19.0 Å². The number of hydrogen-bond acceptors (Lipinski definition) is 5. The molecule has 0 saturated heterocycles. The van der Waals surface area contributed by atoms with Crippen molar-refractivity contribution in [3.8, 4) is 11.3 Å². The summed E-state index contributed by atoms with van der Waals surface area (Å²) in [5.41, 5.74) is 1.86. The number of rotatable bonds is 8. The molecule has 7 nitrogen and oxygen atoms in total. The molecule has 1 heterocycles. The average Bonchev–Trinajstić information content (AvgIpc) is 3.53. The molecule has 1 fully saturated rings. The lowest BCUT2D eigenvalue weighted by molar-refractivity contribution is -0.118. The number of aromatic nitrogens is 2. The third-order valence-electron chi connectivity index (χ3n) is 5.44. The Kier molecular flexibility index (Phi) is 6.17. The van der Waals surface area contributed by atoms with E-state index in [0.29, 0.717) is 29.4 Å². The highest BCUT2D eigenvalue weighted by molar-refractivity contribution is 5.96. The van der Waals surface area contributed by atoms with Gasteiger partial charge in [0.25, 0.3) is 5.91 Å². The maximum absolute atomic E-state index is 14.0. The minimum absolute atomic E-state index is 0.121. The van der Waals surface area contributed by atoms with Gasteiger partial charge in [-0.3, -0.25) is 9.59 Å². The van der Waals surface area contributed by atoms with Gasteiger partial charge in [-0.25, -0.2) is 14.4 Å². The summed E-state index contributed by atoms with van der Waals surface area (Å²) in [4.78, 5) is 32.8. The molecule has 2 aromatic carbocycles. The van der Waals surface area contributed by atoms with Crippen LogP contribution in [0.2, 0.25) is 0 Å². The first-order valence-corrected chi connectivity index (χ1v) is 10.6. The summed E-state index contributed by atoms with van der Waals surface area (Å²) in [5, 5.41) is 8.62. The summed E-state index contributed by atoms with van der Waals surface area (Å²) in [6.45, 7) is 5.88. The Morgan fingerprint density at radius 3 is 2.45 bits per heavy atom. The van der Waals surface area contributed by atoms with E-state index in [1.807, 2.05) is 19.1 Å². The summed E-state index contributed by atoms with van der Waals surface area (Å²) >= 11 is 0. The number of carbonyl (C=O) groups excluding carboxylic acids is 2. The van der Waals surface area contributed by atoms with Crippen molar-refractivity contribution < 1.29 is 14.0 Å². The summed E-state index contributed by atoms with van der Waals surface area (Å²) in [6.07, 6.45) is 3.01. The highest BCUT2D eigenvalue weighted by atomic mass is 19.1. The van der Waals surface area contributed by atoms with Crippen molar-refractivity contribution in [2.75, 3.05) is 17.2 Å². The SMILES string of the molecule is C=CC1(F)CC1C(=O)Nc1ccc(-c2ccnc(Nc3ccc(C(=O)NCC)cc3)n2)cc1. The van der Waals surface area contributed by atoms with Crippen LogP contribution in [0.15, 0.2) is 73.4 Å². The van der Waals surface area contributed by atoms with Crippen LogP contribution in [-0.4, -0.2) is 34.0 Å². The average molecular weight is 445 g/mol. The standard InChI is InChI=1S/C25H24FN5O2/c1-3-25(26)15-20(25)23(33)29-18-9-5-16(6-10-18)21-13-14-28-24(31-21)30-19-11-7-17(8-12-19)22(32)27-4-2/h3,5-14,20H,1,4,15H2,2H3,(H,27,32)(H,29,33)(H,28,30,31). The van der Waals surface area contributed by atoms with Crippen molar-refractivity contribution in [1.82, 2.24) is 15.3 Å². The molecule has 2 unspecified atom stereocenters. The molecule has 4 rings (SSSR count).